The summed E-state index contributed by atoms with van der Waals surface area (Å²) in [5.74, 6) is -1.61. The fraction of sp³-hybridized carbons (Fsp3) is 0.467. The normalized spacial score (nSPS) is 16.1. The summed E-state index contributed by atoms with van der Waals surface area (Å²) >= 11 is 0. The summed E-state index contributed by atoms with van der Waals surface area (Å²) < 4.78 is 0. The molecule has 1 amide bonds. The first-order chi connectivity index (χ1) is 9.09. The Morgan fingerprint density at radius 1 is 1.15 bits per heavy atom. The van der Waals surface area contributed by atoms with Gasteiger partial charge in [0.05, 0.1) is 6.04 Å². The largest absolute Gasteiger partial charge is 0.479 e. The van der Waals surface area contributed by atoms with Gasteiger partial charge in [-0.25, -0.2) is 4.79 Å². The number of rotatable bonds is 4. The van der Waals surface area contributed by atoms with Gasteiger partial charge in [-0.05, 0) is 17.9 Å². The fourth-order valence-electron chi connectivity index (χ4n) is 1.74. The standard InChI is InChI=1S/C15H22N2O3/c1-14(2,3)11(16)12(18)17-15(4,13(19)20)10-8-6-5-7-9-10/h5-9,11H,16H2,1-4H3,(H,17,18)(H,19,20). The van der Waals surface area contributed by atoms with E-state index in [4.69, 9.17) is 5.73 Å². The highest BCUT2D eigenvalue weighted by Gasteiger charge is 2.39. The van der Waals surface area contributed by atoms with E-state index in [0.717, 1.165) is 0 Å². The minimum Gasteiger partial charge on any atom is -0.479 e. The number of amides is 1. The number of nitrogens with two attached hydrogens (primary N) is 1. The number of carboxylic acid groups (broad SMARTS) is 1. The molecule has 2 atom stereocenters. The molecule has 0 heterocycles. The molecule has 1 aromatic rings. The Morgan fingerprint density at radius 2 is 1.65 bits per heavy atom. The van der Waals surface area contributed by atoms with Crippen LogP contribution in [0.4, 0.5) is 0 Å². The van der Waals surface area contributed by atoms with Crippen LogP contribution in [0, 0.1) is 5.41 Å². The number of nitrogens with one attached hydrogen (secondary N) is 1. The van der Waals surface area contributed by atoms with Crippen molar-refractivity contribution in [3.8, 4) is 0 Å². The van der Waals surface area contributed by atoms with Crippen LogP contribution in [0.15, 0.2) is 30.3 Å². The number of hydrogen-bond donors (Lipinski definition) is 3. The Hall–Kier alpha value is -1.88. The van der Waals surface area contributed by atoms with Crippen molar-refractivity contribution in [3.05, 3.63) is 35.9 Å². The zero-order valence-corrected chi connectivity index (χ0v) is 12.3. The Bertz CT molecular complexity index is 494. The van der Waals surface area contributed by atoms with Gasteiger partial charge >= 0.3 is 5.97 Å². The van der Waals surface area contributed by atoms with Gasteiger partial charge in [0.2, 0.25) is 5.91 Å². The number of carbonyl (C=O) groups excluding carboxylic acids is 1. The van der Waals surface area contributed by atoms with E-state index in [1.165, 1.54) is 6.92 Å². The lowest BCUT2D eigenvalue weighted by molar-refractivity contribution is -0.148. The molecule has 0 radical (unpaired) electrons. The van der Waals surface area contributed by atoms with Crippen LogP contribution in [0.5, 0.6) is 0 Å². The molecule has 0 fully saturated rings. The van der Waals surface area contributed by atoms with Crippen LogP contribution in [0.2, 0.25) is 0 Å². The first-order valence-electron chi connectivity index (χ1n) is 6.45. The lowest BCUT2D eigenvalue weighted by atomic mass is 9.85. The molecule has 20 heavy (non-hydrogen) atoms. The number of aliphatic carboxylic acids is 1. The molecule has 0 bridgehead atoms. The molecule has 4 N–H and O–H groups in total. The van der Waals surface area contributed by atoms with Crippen LogP contribution in [-0.2, 0) is 15.1 Å². The lowest BCUT2D eigenvalue weighted by Crippen LogP contribution is -2.57. The van der Waals surface area contributed by atoms with Crippen molar-refractivity contribution in [2.45, 2.75) is 39.3 Å². The van der Waals surface area contributed by atoms with Crippen LogP contribution in [0.25, 0.3) is 0 Å². The topological polar surface area (TPSA) is 92.4 Å². The van der Waals surface area contributed by atoms with Crippen molar-refractivity contribution in [2.24, 2.45) is 11.1 Å². The van der Waals surface area contributed by atoms with Crippen molar-refractivity contribution >= 4 is 11.9 Å². The lowest BCUT2D eigenvalue weighted by Gasteiger charge is -2.32. The monoisotopic (exact) mass is 278 g/mol. The molecule has 0 saturated heterocycles. The van der Waals surface area contributed by atoms with Crippen molar-refractivity contribution in [2.75, 3.05) is 0 Å². The smallest absolute Gasteiger partial charge is 0.333 e. The van der Waals surface area contributed by atoms with E-state index in [0.29, 0.717) is 5.56 Å². The molecular formula is C15H22N2O3. The second kappa shape index (κ2) is 5.63. The molecule has 0 aliphatic rings. The Balaban J connectivity index is 3.06. The third kappa shape index (κ3) is 3.36. The average Bonchev–Trinajstić information content (AvgIpc) is 2.37. The van der Waals surface area contributed by atoms with Crippen molar-refractivity contribution in [1.29, 1.82) is 0 Å². The van der Waals surface area contributed by atoms with E-state index in [1.54, 1.807) is 30.3 Å². The van der Waals surface area contributed by atoms with Gasteiger partial charge in [0.25, 0.3) is 0 Å². The Kier molecular flexibility index (Phi) is 4.55. The van der Waals surface area contributed by atoms with E-state index in [2.05, 4.69) is 5.32 Å². The molecule has 0 aromatic heterocycles. The Morgan fingerprint density at radius 3 is 2.05 bits per heavy atom. The van der Waals surface area contributed by atoms with Gasteiger partial charge in [-0.1, -0.05) is 51.1 Å². The molecule has 110 valence electrons. The third-order valence-corrected chi connectivity index (χ3v) is 3.37. The van der Waals surface area contributed by atoms with Gasteiger partial charge in [-0.15, -0.1) is 0 Å². The maximum absolute atomic E-state index is 12.2. The second-order valence-corrected chi connectivity index (χ2v) is 6.13. The molecule has 0 saturated carbocycles. The third-order valence-electron chi connectivity index (χ3n) is 3.37. The average molecular weight is 278 g/mol. The molecule has 2 unspecified atom stereocenters. The van der Waals surface area contributed by atoms with Gasteiger partial charge in [-0.3, -0.25) is 4.79 Å². The summed E-state index contributed by atoms with van der Waals surface area (Å²) in [5.41, 5.74) is 4.43. The number of carboxylic acids is 1. The van der Waals surface area contributed by atoms with Gasteiger partial charge in [0, 0.05) is 0 Å². The minimum absolute atomic E-state index is 0.444. The van der Waals surface area contributed by atoms with Gasteiger partial charge < -0.3 is 16.2 Å². The maximum Gasteiger partial charge on any atom is 0.333 e. The van der Waals surface area contributed by atoms with E-state index in [9.17, 15) is 14.7 Å². The summed E-state index contributed by atoms with van der Waals surface area (Å²) in [4.78, 5) is 23.8. The number of carbonyl (C=O) groups is 2. The first kappa shape index (κ1) is 16.2. The van der Waals surface area contributed by atoms with Crippen LogP contribution < -0.4 is 11.1 Å². The van der Waals surface area contributed by atoms with Crippen molar-refractivity contribution in [1.82, 2.24) is 5.32 Å². The molecule has 1 aromatic carbocycles. The number of benzene rings is 1. The van der Waals surface area contributed by atoms with Crippen molar-refractivity contribution < 1.29 is 14.7 Å². The van der Waals surface area contributed by atoms with E-state index in [-0.39, 0.29) is 0 Å². The number of hydrogen-bond acceptors (Lipinski definition) is 3. The summed E-state index contributed by atoms with van der Waals surface area (Å²) in [6.45, 7) is 6.95. The highest BCUT2D eigenvalue weighted by molar-refractivity contribution is 5.90. The molecule has 0 spiro atoms. The summed E-state index contributed by atoms with van der Waals surface area (Å²) in [7, 11) is 0. The summed E-state index contributed by atoms with van der Waals surface area (Å²) in [5, 5.41) is 12.0. The zero-order valence-electron chi connectivity index (χ0n) is 12.3. The molecule has 0 aliphatic heterocycles. The van der Waals surface area contributed by atoms with Crippen LogP contribution in [-0.4, -0.2) is 23.0 Å². The molecule has 5 heteroatoms. The van der Waals surface area contributed by atoms with E-state index in [1.807, 2.05) is 20.8 Å². The highest BCUT2D eigenvalue weighted by atomic mass is 16.4. The minimum atomic E-state index is -1.50. The zero-order chi connectivity index (χ0) is 15.6. The fourth-order valence-corrected chi connectivity index (χ4v) is 1.74. The van der Waals surface area contributed by atoms with Crippen LogP contribution in [0.3, 0.4) is 0 Å². The molecule has 1 rings (SSSR count). The van der Waals surface area contributed by atoms with E-state index < -0.39 is 28.9 Å². The quantitative estimate of drug-likeness (QED) is 0.777. The van der Waals surface area contributed by atoms with Gasteiger partial charge in [0.15, 0.2) is 5.54 Å². The van der Waals surface area contributed by atoms with Crippen LogP contribution in [0.1, 0.15) is 33.3 Å². The van der Waals surface area contributed by atoms with Crippen molar-refractivity contribution in [3.63, 3.8) is 0 Å². The second-order valence-electron chi connectivity index (χ2n) is 6.13. The molecular weight excluding hydrogens is 256 g/mol. The predicted octanol–water partition coefficient (Wildman–Crippen LogP) is 1.48. The predicted molar refractivity (Wildman–Crippen MR) is 77.0 cm³/mol. The first-order valence-corrected chi connectivity index (χ1v) is 6.45. The van der Waals surface area contributed by atoms with Gasteiger partial charge in [0.1, 0.15) is 0 Å². The summed E-state index contributed by atoms with van der Waals surface area (Å²) in [6, 6.07) is 7.78. The van der Waals surface area contributed by atoms with E-state index >= 15 is 0 Å². The molecule has 5 nitrogen and oxygen atoms in total. The SMILES string of the molecule is CC(NC(=O)C(N)C(C)(C)C)(C(=O)O)c1ccccc1. The van der Waals surface area contributed by atoms with Gasteiger partial charge in [-0.2, -0.15) is 0 Å². The Labute approximate surface area is 119 Å². The van der Waals surface area contributed by atoms with Crippen LogP contribution >= 0.6 is 0 Å². The summed E-state index contributed by atoms with van der Waals surface area (Å²) in [6.07, 6.45) is 0. The maximum atomic E-state index is 12.2. The molecule has 0 aliphatic carbocycles. The highest BCUT2D eigenvalue weighted by Crippen LogP contribution is 2.23.